The predicted molar refractivity (Wildman–Crippen MR) is 571 cm³/mol. The van der Waals surface area contributed by atoms with Crippen LogP contribution in [0.5, 0.6) is 0 Å². The summed E-state index contributed by atoms with van der Waals surface area (Å²) in [6, 6.07) is 88.3. The van der Waals surface area contributed by atoms with Crippen LogP contribution in [0.25, 0.3) is 189 Å². The number of carboxylic acids is 3. The average molecular weight is 2430 g/mol. The van der Waals surface area contributed by atoms with Gasteiger partial charge in [-0.3, -0.25) is 9.13 Å². The molecule has 21 aromatic rings. The first-order chi connectivity index (χ1) is 66.2. The molecule has 0 bridgehead atoms. The number of para-hydroxylation sites is 4. The van der Waals surface area contributed by atoms with Crippen LogP contribution in [0.15, 0.2) is 261 Å². The minimum Gasteiger partial charge on any atom is -0.656 e. The number of nitrogens with zero attached hydrogens (tertiary/aromatic N) is 12. The fourth-order valence-corrected chi connectivity index (χ4v) is 19.3. The van der Waals surface area contributed by atoms with Gasteiger partial charge in [-0.05, 0) is 245 Å². The van der Waals surface area contributed by atoms with E-state index in [1.54, 1.807) is 18.2 Å². The van der Waals surface area contributed by atoms with Crippen molar-refractivity contribution in [2.75, 3.05) is 0 Å². The largest absolute Gasteiger partial charge is 0.656 e. The summed E-state index contributed by atoms with van der Waals surface area (Å²) in [6.45, 7) is 48.6. The van der Waals surface area contributed by atoms with Crippen LogP contribution in [-0.2, 0) is 103 Å². The van der Waals surface area contributed by atoms with Crippen molar-refractivity contribution in [3.63, 3.8) is 0 Å². The second kappa shape index (κ2) is 38.2. The summed E-state index contributed by atoms with van der Waals surface area (Å²) in [6.07, 6.45) is 0. The quantitative estimate of drug-likeness (QED) is 0.103. The van der Waals surface area contributed by atoms with Crippen molar-refractivity contribution in [3.8, 4) is 90.4 Å². The molecule has 143 heavy (non-hydrogen) atoms. The van der Waals surface area contributed by atoms with Gasteiger partial charge in [-0.1, -0.05) is 300 Å². The molecule has 0 radical (unpaired) electrons. The van der Waals surface area contributed by atoms with E-state index in [4.69, 9.17) is 34.9 Å². The minimum atomic E-state index is -1.08. The zero-order valence-corrected chi connectivity index (χ0v) is 91.5. The average Bonchev–Trinajstić information content (AvgIpc) is 1.58. The molecule has 21 heteroatoms. The van der Waals surface area contributed by atoms with Gasteiger partial charge in [0.2, 0.25) is 0 Å². The summed E-state index contributed by atoms with van der Waals surface area (Å²) in [7, 11) is 2.02. The van der Waals surface area contributed by atoms with E-state index in [9.17, 15) is 29.7 Å². The van der Waals surface area contributed by atoms with Crippen LogP contribution in [0.1, 0.15) is 212 Å². The maximum absolute atomic E-state index is 12.5. The maximum Gasteiger partial charge on any atom is 0.354 e. The third-order valence-electron chi connectivity index (χ3n) is 26.9. The molecular weight excluding hydrogens is 2310 g/mol. The molecule has 18 nitrogen and oxygen atoms in total. The summed E-state index contributed by atoms with van der Waals surface area (Å²) in [5.41, 5.74) is 32.8. The number of pyridine rings is 3. The monoisotopic (exact) mass is 2430 g/mol. The van der Waals surface area contributed by atoms with Gasteiger partial charge in [0.15, 0.2) is 0 Å². The van der Waals surface area contributed by atoms with E-state index in [-0.39, 0.29) is 113 Å². The van der Waals surface area contributed by atoms with Gasteiger partial charge >= 0.3 is 17.9 Å². The number of hydrogen-bond donors (Lipinski definition) is 3. The molecule has 0 aliphatic carbocycles. The van der Waals surface area contributed by atoms with Crippen LogP contribution in [-0.4, -0.2) is 76.8 Å². The first-order valence-electron chi connectivity index (χ1n) is 47.7. The van der Waals surface area contributed by atoms with E-state index in [1.807, 2.05) is 85.9 Å². The SMILES string of the molecule is Cc1cc(C)cc(-c2cc(C(=O)O)nc(-c3cccc4c3nc(-c3cc(C(C)(C)C)cc5c3[n-]c3ccc(C(C)(C)C)cc35)n4-c3ccccc3)c2)c1.Cc1cc(C)cc(-n2c(-c3cc(C(C)(C)C)cc4c3[n-]c3ccc(C(C)(C)C)cc34)nc3c(-c4cccc(C(=O)O)n4)cccc32)c1.Cn1c(-c2cc(C(C)(C)C)cc3c2[n-]c2ccc(C(C)(C)C)cc23)nc2c(-c3cccc(C(=O)O)n3)cccc21.[Pt].[Pt].[Pt]. The van der Waals surface area contributed by atoms with Crippen molar-refractivity contribution in [2.45, 2.75) is 185 Å². The summed E-state index contributed by atoms with van der Waals surface area (Å²) < 4.78 is 6.52. The van der Waals surface area contributed by atoms with E-state index >= 15 is 0 Å². The Hall–Kier alpha value is -13.6. The summed E-state index contributed by atoms with van der Waals surface area (Å²) in [5.74, 6) is -0.844. The molecule has 9 heterocycles. The molecule has 0 saturated heterocycles. The number of benzene rings is 12. The molecule has 0 spiro atoms. The molecular formula is C122H115N12O6Pt3-3. The first-order valence-corrected chi connectivity index (χ1v) is 47.7. The van der Waals surface area contributed by atoms with Gasteiger partial charge in [0.1, 0.15) is 34.6 Å². The Morgan fingerprint density at radius 2 is 0.580 bits per heavy atom. The topological polar surface area (TPSA) is 246 Å². The normalized spacial score (nSPS) is 12.2. The van der Waals surface area contributed by atoms with Crippen molar-refractivity contribution in [3.05, 3.63) is 334 Å². The van der Waals surface area contributed by atoms with Crippen LogP contribution in [0.2, 0.25) is 0 Å². The molecule has 9 aromatic heterocycles. The molecule has 3 N–H and O–H groups in total. The number of aromatic nitrogens is 12. The third kappa shape index (κ3) is 19.6. The van der Waals surface area contributed by atoms with E-state index in [0.717, 1.165) is 194 Å². The molecule has 0 unspecified atom stereocenters. The number of imidazole rings is 3. The molecule has 732 valence electrons. The number of fused-ring (bicyclic) bond motifs is 12. The number of carbonyl (C=O) groups is 3. The van der Waals surface area contributed by atoms with Crippen molar-refractivity contribution < 1.29 is 92.9 Å². The molecule has 0 atom stereocenters. The minimum absolute atomic E-state index is 0. The van der Waals surface area contributed by atoms with Gasteiger partial charge in [-0.15, -0.1) is 33.1 Å². The van der Waals surface area contributed by atoms with Gasteiger partial charge in [-0.2, -0.15) is 0 Å². The number of carboxylic acid groups (broad SMARTS) is 3. The standard InChI is InChI=1S/C47H44N4O2.C41H40N4O2.C34H34N4O2.3Pt/c1-27-19-28(2)21-29(20-27)30-22-39(48-40(23-30)45(52)53)34-15-12-16-41-43(34)50-44(51(41)33-13-10-9-11-14-33)37-26-32(47(6,7)8)25-36-35-24-31(46(3,4)5)17-18-38(35)49-42(36)37;1-23-17-24(2)19-27(18-23)45-35-14-9-11-28(32-12-10-13-34(42-32)39(46)47)37(35)44-38(45)31-22-26(41(6,7)8)21-30-29-20-25(40(3,4)5)15-16-33(29)43-36(30)31;1-33(2,3)19-14-15-26-22(16-19)23-17-20(34(4,5)6)18-24(29(23)36-26)31-37-30-21(10-8-13-28(30)38(31)7)25-11-9-12-27(35-25)32(39)40;;;/h9-26H,1-8H3,(H2,48,49,50,52,53);9-22H,1-8H3,(H2,42,43,44,46,47);8-18H,1-7H3,(H2,35,36,37,39,40);;;/p-3. The van der Waals surface area contributed by atoms with Gasteiger partial charge < -0.3 is 34.8 Å². The Bertz CT molecular complexity index is 8640. The number of aryl methyl sites for hydroxylation is 5. The van der Waals surface area contributed by atoms with Crippen molar-refractivity contribution >= 4 is 116 Å². The second-order valence-electron chi connectivity index (χ2n) is 43.8. The molecule has 12 aromatic carbocycles. The van der Waals surface area contributed by atoms with Crippen LogP contribution in [0.4, 0.5) is 0 Å². The number of hydrogen-bond acceptors (Lipinski definition) is 9. The Labute approximate surface area is 876 Å². The van der Waals surface area contributed by atoms with Crippen molar-refractivity contribution in [2.24, 2.45) is 7.05 Å². The number of rotatable bonds is 12. The van der Waals surface area contributed by atoms with Crippen LogP contribution >= 0.6 is 0 Å². The van der Waals surface area contributed by atoms with Crippen LogP contribution < -0.4 is 15.0 Å². The van der Waals surface area contributed by atoms with E-state index in [0.29, 0.717) is 17.1 Å². The Kier molecular flexibility index (Phi) is 27.4. The second-order valence-corrected chi connectivity index (χ2v) is 43.8. The van der Waals surface area contributed by atoms with Gasteiger partial charge in [0.05, 0.1) is 50.2 Å². The van der Waals surface area contributed by atoms with E-state index < -0.39 is 17.9 Å². The molecule has 0 aliphatic heterocycles. The molecule has 0 aliphatic rings. The van der Waals surface area contributed by atoms with Crippen molar-refractivity contribution in [1.29, 1.82) is 0 Å². The Morgan fingerprint density at radius 3 is 0.958 bits per heavy atom. The molecule has 21 rings (SSSR count). The maximum atomic E-state index is 12.5. The van der Waals surface area contributed by atoms with Gasteiger partial charge in [0, 0.05) is 115 Å². The molecule has 0 amide bonds. The van der Waals surface area contributed by atoms with E-state index in [2.05, 4.69) is 328 Å². The predicted octanol–water partition coefficient (Wildman–Crippen LogP) is 29.4. The summed E-state index contributed by atoms with van der Waals surface area (Å²) in [5, 5.41) is 36.2. The Balaban J connectivity index is 0.000000154. The molecule has 0 fully saturated rings. The van der Waals surface area contributed by atoms with E-state index in [1.165, 1.54) is 45.5 Å². The summed E-state index contributed by atoms with van der Waals surface area (Å²) >= 11 is 0. The fraction of sp³-hybridized carbons (Fsp3) is 0.238. The zero-order valence-electron chi connectivity index (χ0n) is 84.7. The summed E-state index contributed by atoms with van der Waals surface area (Å²) in [4.78, 5) is 81.2. The van der Waals surface area contributed by atoms with Crippen LogP contribution in [0, 0.1) is 27.7 Å². The van der Waals surface area contributed by atoms with Gasteiger partial charge in [0.25, 0.3) is 0 Å². The first kappa shape index (κ1) is 102. The Morgan fingerprint density at radius 1 is 0.266 bits per heavy atom. The fourth-order valence-electron chi connectivity index (χ4n) is 19.3. The third-order valence-corrected chi connectivity index (χ3v) is 26.9. The van der Waals surface area contributed by atoms with Crippen molar-refractivity contribution in [1.82, 2.24) is 58.6 Å². The molecule has 0 saturated carbocycles. The smallest absolute Gasteiger partial charge is 0.354 e. The number of aromatic carboxylic acids is 3. The van der Waals surface area contributed by atoms with Gasteiger partial charge in [-0.25, -0.2) is 44.3 Å². The zero-order chi connectivity index (χ0) is 99.4. The van der Waals surface area contributed by atoms with Crippen LogP contribution in [0.3, 0.4) is 0 Å².